The average Bonchev–Trinajstić information content (AvgIpc) is 3.21. The van der Waals surface area contributed by atoms with E-state index in [1.807, 2.05) is 0 Å². The molecule has 2 fully saturated rings. The molecule has 1 aromatic carbocycles. The first kappa shape index (κ1) is 21.8. The molecular formula is C21H30N2O5S. The fourth-order valence-corrected chi connectivity index (χ4v) is 5.45. The summed E-state index contributed by atoms with van der Waals surface area (Å²) in [5.74, 6) is -1.01. The monoisotopic (exact) mass is 422 g/mol. The van der Waals surface area contributed by atoms with E-state index in [9.17, 15) is 18.0 Å². The van der Waals surface area contributed by atoms with Gasteiger partial charge in [-0.3, -0.25) is 4.79 Å². The van der Waals surface area contributed by atoms with Crippen LogP contribution in [0.4, 0.5) is 0 Å². The van der Waals surface area contributed by atoms with Crippen molar-refractivity contribution in [1.82, 2.24) is 9.62 Å². The van der Waals surface area contributed by atoms with Crippen molar-refractivity contribution in [2.75, 3.05) is 13.1 Å². The quantitative estimate of drug-likeness (QED) is 0.712. The second kappa shape index (κ2) is 9.26. The van der Waals surface area contributed by atoms with Crippen LogP contribution in [0.25, 0.3) is 0 Å². The van der Waals surface area contributed by atoms with Crippen LogP contribution < -0.4 is 5.32 Å². The number of carbonyl (C=O) groups is 2. The second-order valence-electron chi connectivity index (χ2n) is 7.98. The van der Waals surface area contributed by atoms with Gasteiger partial charge in [0.2, 0.25) is 10.0 Å². The topological polar surface area (TPSA) is 92.8 Å². The summed E-state index contributed by atoms with van der Waals surface area (Å²) in [6.45, 7) is 4.24. The summed E-state index contributed by atoms with van der Waals surface area (Å²) in [4.78, 5) is 25.0. The molecule has 1 aliphatic carbocycles. The average molecular weight is 423 g/mol. The van der Waals surface area contributed by atoms with Crippen molar-refractivity contribution in [3.63, 3.8) is 0 Å². The van der Waals surface area contributed by atoms with Crippen LogP contribution in [0.3, 0.4) is 0 Å². The number of nitrogens with one attached hydrogen (secondary N) is 1. The Balaban J connectivity index is 1.71. The van der Waals surface area contributed by atoms with Gasteiger partial charge in [-0.05, 0) is 57.2 Å². The molecule has 1 saturated carbocycles. The van der Waals surface area contributed by atoms with E-state index >= 15 is 0 Å². The zero-order valence-electron chi connectivity index (χ0n) is 17.1. The van der Waals surface area contributed by atoms with Gasteiger partial charge in [-0.25, -0.2) is 13.2 Å². The van der Waals surface area contributed by atoms with E-state index in [4.69, 9.17) is 4.74 Å². The highest BCUT2D eigenvalue weighted by molar-refractivity contribution is 7.89. The molecule has 29 heavy (non-hydrogen) atoms. The predicted molar refractivity (Wildman–Crippen MR) is 109 cm³/mol. The molecular weight excluding hydrogens is 392 g/mol. The number of nitrogens with zero attached hydrogens (tertiary/aromatic N) is 1. The lowest BCUT2D eigenvalue weighted by atomic mass is 10.1. The predicted octanol–water partition coefficient (Wildman–Crippen LogP) is 2.77. The number of carbonyl (C=O) groups excluding carboxylic acids is 2. The lowest BCUT2D eigenvalue weighted by molar-refractivity contribution is -0.129. The summed E-state index contributed by atoms with van der Waals surface area (Å²) < 4.78 is 32.6. The maximum atomic E-state index is 12.9. The van der Waals surface area contributed by atoms with E-state index < -0.39 is 22.1 Å². The third kappa shape index (κ3) is 5.17. The third-order valence-electron chi connectivity index (χ3n) is 5.74. The zero-order chi connectivity index (χ0) is 21.0. The highest BCUT2D eigenvalue weighted by atomic mass is 32.2. The first-order chi connectivity index (χ1) is 13.8. The minimum atomic E-state index is -3.65. The van der Waals surface area contributed by atoms with Crippen LogP contribution in [0.15, 0.2) is 23.1 Å². The van der Waals surface area contributed by atoms with Gasteiger partial charge in [0.1, 0.15) is 0 Å². The Kier molecular flexibility index (Phi) is 6.95. The maximum absolute atomic E-state index is 12.9. The van der Waals surface area contributed by atoms with Crippen LogP contribution in [0.2, 0.25) is 0 Å². The molecule has 2 aliphatic rings. The summed E-state index contributed by atoms with van der Waals surface area (Å²) >= 11 is 0. The SMILES string of the molecule is Cc1ccc(S(=O)(=O)N2CCCCC2)cc1C(=O)OC(C)C(=O)NC1CCCC1. The van der Waals surface area contributed by atoms with E-state index in [0.29, 0.717) is 18.7 Å². The summed E-state index contributed by atoms with van der Waals surface area (Å²) in [5.41, 5.74) is 0.777. The van der Waals surface area contributed by atoms with Crippen molar-refractivity contribution in [2.24, 2.45) is 0 Å². The molecule has 0 spiro atoms. The molecule has 0 aromatic heterocycles. The van der Waals surface area contributed by atoms with Crippen molar-refractivity contribution in [1.29, 1.82) is 0 Å². The molecule has 0 bridgehead atoms. The van der Waals surface area contributed by atoms with Gasteiger partial charge in [-0.2, -0.15) is 4.31 Å². The first-order valence-electron chi connectivity index (χ1n) is 10.4. The Morgan fingerprint density at radius 2 is 1.76 bits per heavy atom. The van der Waals surface area contributed by atoms with Crippen molar-refractivity contribution >= 4 is 21.9 Å². The Bertz CT molecular complexity index is 856. The molecule has 1 unspecified atom stereocenters. The number of amides is 1. The lowest BCUT2D eigenvalue weighted by Crippen LogP contribution is -2.41. The summed E-state index contributed by atoms with van der Waals surface area (Å²) in [6, 6.07) is 4.63. The van der Waals surface area contributed by atoms with E-state index in [1.54, 1.807) is 13.0 Å². The molecule has 1 heterocycles. The lowest BCUT2D eigenvalue weighted by Gasteiger charge is -2.26. The molecule has 3 rings (SSSR count). The second-order valence-corrected chi connectivity index (χ2v) is 9.92. The van der Waals surface area contributed by atoms with Crippen molar-refractivity contribution in [3.05, 3.63) is 29.3 Å². The molecule has 1 amide bonds. The molecule has 160 valence electrons. The number of ether oxygens (including phenoxy) is 1. The van der Waals surface area contributed by atoms with Gasteiger partial charge in [-0.1, -0.05) is 25.3 Å². The molecule has 1 saturated heterocycles. The van der Waals surface area contributed by atoms with Crippen molar-refractivity contribution < 1.29 is 22.7 Å². The van der Waals surface area contributed by atoms with Crippen molar-refractivity contribution in [3.8, 4) is 0 Å². The Labute approximate surface area is 172 Å². The zero-order valence-corrected chi connectivity index (χ0v) is 18.0. The van der Waals surface area contributed by atoms with E-state index in [-0.39, 0.29) is 22.4 Å². The maximum Gasteiger partial charge on any atom is 0.339 e. The molecule has 1 aliphatic heterocycles. The number of aryl methyl sites for hydroxylation is 1. The highest BCUT2D eigenvalue weighted by Gasteiger charge is 2.28. The highest BCUT2D eigenvalue weighted by Crippen LogP contribution is 2.23. The van der Waals surface area contributed by atoms with Gasteiger partial charge >= 0.3 is 5.97 Å². The molecule has 8 heteroatoms. The van der Waals surface area contributed by atoms with Gasteiger partial charge in [0, 0.05) is 19.1 Å². The van der Waals surface area contributed by atoms with E-state index in [2.05, 4.69) is 5.32 Å². The molecule has 7 nitrogen and oxygen atoms in total. The standard InChI is InChI=1S/C21H30N2O5S/c1-15-10-11-18(29(26,27)23-12-6-3-7-13-23)14-19(15)21(25)28-16(2)20(24)22-17-8-4-5-9-17/h10-11,14,16-17H,3-9,12-13H2,1-2H3,(H,22,24). The Morgan fingerprint density at radius 1 is 1.10 bits per heavy atom. The number of hydrogen-bond acceptors (Lipinski definition) is 5. The minimum Gasteiger partial charge on any atom is -0.449 e. The fraction of sp³-hybridized carbons (Fsp3) is 0.619. The van der Waals surface area contributed by atoms with Gasteiger partial charge in [-0.15, -0.1) is 0 Å². The number of benzene rings is 1. The number of esters is 1. The summed E-state index contributed by atoms with van der Waals surface area (Å²) in [5, 5.41) is 2.91. The fourth-order valence-electron chi connectivity index (χ4n) is 3.90. The van der Waals surface area contributed by atoms with Gasteiger partial charge < -0.3 is 10.1 Å². The summed E-state index contributed by atoms with van der Waals surface area (Å²) in [6.07, 6.45) is 5.85. The van der Waals surface area contributed by atoms with Crippen LogP contribution in [0, 0.1) is 6.92 Å². The van der Waals surface area contributed by atoms with E-state index in [0.717, 1.165) is 44.9 Å². The van der Waals surface area contributed by atoms with Crippen LogP contribution >= 0.6 is 0 Å². The minimum absolute atomic E-state index is 0.0833. The van der Waals surface area contributed by atoms with Gasteiger partial charge in [0.15, 0.2) is 6.10 Å². The van der Waals surface area contributed by atoms with Crippen LogP contribution in [-0.4, -0.2) is 49.8 Å². The Morgan fingerprint density at radius 3 is 2.41 bits per heavy atom. The Hall–Kier alpha value is -1.93. The van der Waals surface area contributed by atoms with Crippen LogP contribution in [0.5, 0.6) is 0 Å². The van der Waals surface area contributed by atoms with Crippen molar-refractivity contribution in [2.45, 2.75) is 75.8 Å². The smallest absolute Gasteiger partial charge is 0.339 e. The largest absolute Gasteiger partial charge is 0.449 e. The normalized spacial score (nSPS) is 19.7. The number of piperidine rings is 1. The van der Waals surface area contributed by atoms with E-state index in [1.165, 1.54) is 23.4 Å². The first-order valence-corrected chi connectivity index (χ1v) is 11.8. The molecule has 1 aromatic rings. The number of hydrogen-bond donors (Lipinski definition) is 1. The molecule has 1 N–H and O–H groups in total. The van der Waals surface area contributed by atoms with Gasteiger partial charge in [0.05, 0.1) is 10.5 Å². The summed E-state index contributed by atoms with van der Waals surface area (Å²) in [7, 11) is -3.65. The molecule has 1 atom stereocenters. The van der Waals surface area contributed by atoms with Crippen LogP contribution in [0.1, 0.15) is 67.8 Å². The third-order valence-corrected chi connectivity index (χ3v) is 7.63. The number of sulfonamides is 1. The van der Waals surface area contributed by atoms with Gasteiger partial charge in [0.25, 0.3) is 5.91 Å². The molecule has 0 radical (unpaired) electrons. The number of rotatable bonds is 6. The van der Waals surface area contributed by atoms with Crippen LogP contribution in [-0.2, 0) is 19.6 Å².